The van der Waals surface area contributed by atoms with E-state index in [0.717, 1.165) is 18.6 Å². The van der Waals surface area contributed by atoms with E-state index in [4.69, 9.17) is 9.47 Å². The fraction of sp³-hybridized carbons (Fsp3) is 0.667. The van der Waals surface area contributed by atoms with Crippen molar-refractivity contribution in [1.82, 2.24) is 10.3 Å². The van der Waals surface area contributed by atoms with E-state index in [9.17, 15) is 0 Å². The summed E-state index contributed by atoms with van der Waals surface area (Å²) in [7, 11) is 0. The van der Waals surface area contributed by atoms with Crippen LogP contribution in [0.2, 0.25) is 0 Å². The van der Waals surface area contributed by atoms with Crippen molar-refractivity contribution in [3.8, 4) is 11.6 Å². The maximum absolute atomic E-state index is 5.82. The molecule has 2 rings (SSSR count). The molecule has 1 aliphatic carbocycles. The number of pyridine rings is 1. The Morgan fingerprint density at radius 1 is 1.32 bits per heavy atom. The third-order valence-electron chi connectivity index (χ3n) is 3.04. The molecule has 0 radical (unpaired) electrons. The van der Waals surface area contributed by atoms with E-state index in [1.807, 2.05) is 19.1 Å². The molecule has 0 spiro atoms. The van der Waals surface area contributed by atoms with Gasteiger partial charge in [-0.25, -0.2) is 4.98 Å². The molecule has 0 aliphatic heterocycles. The van der Waals surface area contributed by atoms with Crippen LogP contribution in [0.3, 0.4) is 0 Å². The Morgan fingerprint density at radius 3 is 2.58 bits per heavy atom. The molecule has 0 amide bonds. The lowest BCUT2D eigenvalue weighted by Gasteiger charge is -2.39. The zero-order chi connectivity index (χ0) is 13.9. The average molecular weight is 264 g/mol. The van der Waals surface area contributed by atoms with Gasteiger partial charge < -0.3 is 14.8 Å². The summed E-state index contributed by atoms with van der Waals surface area (Å²) < 4.78 is 11.2. The van der Waals surface area contributed by atoms with E-state index in [1.54, 1.807) is 6.20 Å². The molecule has 1 saturated carbocycles. The van der Waals surface area contributed by atoms with Gasteiger partial charge in [-0.2, -0.15) is 0 Å². The molecule has 4 heteroatoms. The van der Waals surface area contributed by atoms with E-state index in [-0.39, 0.29) is 11.6 Å². The molecule has 1 aromatic rings. The van der Waals surface area contributed by atoms with Crippen LogP contribution in [0, 0.1) is 0 Å². The fourth-order valence-corrected chi connectivity index (χ4v) is 2.25. The van der Waals surface area contributed by atoms with Gasteiger partial charge in [0.1, 0.15) is 11.9 Å². The minimum atomic E-state index is 0.174. The van der Waals surface area contributed by atoms with Gasteiger partial charge in [0.05, 0.1) is 12.8 Å². The largest absolute Gasteiger partial charge is 0.492 e. The number of aromatic nitrogens is 1. The highest BCUT2D eigenvalue weighted by molar-refractivity contribution is 5.23. The van der Waals surface area contributed by atoms with Gasteiger partial charge in [0, 0.05) is 17.6 Å². The summed E-state index contributed by atoms with van der Waals surface area (Å²) in [6.07, 6.45) is 4.09. The minimum Gasteiger partial charge on any atom is -0.492 e. The summed E-state index contributed by atoms with van der Waals surface area (Å²) in [6.45, 7) is 9.19. The van der Waals surface area contributed by atoms with Crippen molar-refractivity contribution in [1.29, 1.82) is 0 Å². The highest BCUT2D eigenvalue weighted by Gasteiger charge is 2.33. The molecule has 0 bridgehead atoms. The zero-order valence-corrected chi connectivity index (χ0v) is 12.3. The van der Waals surface area contributed by atoms with Gasteiger partial charge in [0.15, 0.2) is 0 Å². The summed E-state index contributed by atoms with van der Waals surface area (Å²) in [5.41, 5.74) is 0.174. The monoisotopic (exact) mass is 264 g/mol. The van der Waals surface area contributed by atoms with Crippen molar-refractivity contribution < 1.29 is 9.47 Å². The summed E-state index contributed by atoms with van der Waals surface area (Å²) in [4.78, 5) is 4.25. The first-order valence-electron chi connectivity index (χ1n) is 6.99. The Hall–Kier alpha value is -1.29. The second kappa shape index (κ2) is 5.78. The van der Waals surface area contributed by atoms with Crippen LogP contribution in [0.1, 0.15) is 40.5 Å². The second-order valence-electron chi connectivity index (χ2n) is 6.07. The normalized spacial score (nSPS) is 22.7. The van der Waals surface area contributed by atoms with E-state index in [1.165, 1.54) is 0 Å². The SMILES string of the molecule is CCOc1ccc(OC2CC(NC(C)(C)C)C2)nc1. The Bertz CT molecular complexity index is 392. The molecule has 106 valence electrons. The highest BCUT2D eigenvalue weighted by atomic mass is 16.5. The lowest BCUT2D eigenvalue weighted by molar-refractivity contribution is 0.0693. The lowest BCUT2D eigenvalue weighted by atomic mass is 9.87. The molecular formula is C15H24N2O2. The van der Waals surface area contributed by atoms with Crippen molar-refractivity contribution in [3.63, 3.8) is 0 Å². The molecule has 1 aliphatic rings. The third-order valence-corrected chi connectivity index (χ3v) is 3.04. The van der Waals surface area contributed by atoms with Gasteiger partial charge >= 0.3 is 0 Å². The van der Waals surface area contributed by atoms with Crippen molar-refractivity contribution in [2.75, 3.05) is 6.61 Å². The Balaban J connectivity index is 1.75. The first-order valence-corrected chi connectivity index (χ1v) is 6.99. The first-order chi connectivity index (χ1) is 8.96. The van der Waals surface area contributed by atoms with Crippen molar-refractivity contribution >= 4 is 0 Å². The summed E-state index contributed by atoms with van der Waals surface area (Å²) in [6, 6.07) is 4.33. The smallest absolute Gasteiger partial charge is 0.213 e. The molecule has 0 unspecified atom stereocenters. The van der Waals surface area contributed by atoms with Gasteiger partial charge in [-0.05, 0) is 46.6 Å². The number of nitrogens with zero attached hydrogens (tertiary/aromatic N) is 1. The zero-order valence-electron chi connectivity index (χ0n) is 12.3. The minimum absolute atomic E-state index is 0.174. The standard InChI is InChI=1S/C15H24N2O2/c1-5-18-12-6-7-14(16-10-12)19-13-8-11(9-13)17-15(2,3)4/h6-7,10-11,13,17H,5,8-9H2,1-4H3. The number of nitrogens with one attached hydrogen (secondary N) is 1. The molecule has 1 aromatic heterocycles. The first kappa shape index (κ1) is 14.1. The van der Waals surface area contributed by atoms with E-state index in [2.05, 4.69) is 31.1 Å². The second-order valence-corrected chi connectivity index (χ2v) is 6.07. The number of hydrogen-bond donors (Lipinski definition) is 1. The summed E-state index contributed by atoms with van der Waals surface area (Å²) >= 11 is 0. The molecule has 0 atom stereocenters. The van der Waals surface area contributed by atoms with E-state index in [0.29, 0.717) is 18.5 Å². The van der Waals surface area contributed by atoms with Crippen LogP contribution in [0.4, 0.5) is 0 Å². The molecule has 0 saturated heterocycles. The highest BCUT2D eigenvalue weighted by Crippen LogP contribution is 2.27. The number of hydrogen-bond acceptors (Lipinski definition) is 4. The van der Waals surface area contributed by atoms with E-state index < -0.39 is 0 Å². The van der Waals surface area contributed by atoms with Crippen LogP contribution in [0.5, 0.6) is 11.6 Å². The maximum atomic E-state index is 5.82. The average Bonchev–Trinajstić information content (AvgIpc) is 2.27. The van der Waals surface area contributed by atoms with Crippen molar-refractivity contribution in [2.45, 2.75) is 58.2 Å². The number of rotatable bonds is 5. The van der Waals surface area contributed by atoms with Crippen molar-refractivity contribution in [2.24, 2.45) is 0 Å². The third kappa shape index (κ3) is 4.39. The van der Waals surface area contributed by atoms with Crippen LogP contribution in [0.25, 0.3) is 0 Å². The Morgan fingerprint density at radius 2 is 2.05 bits per heavy atom. The predicted octanol–water partition coefficient (Wildman–Crippen LogP) is 2.78. The van der Waals surface area contributed by atoms with Gasteiger partial charge in [0.25, 0.3) is 0 Å². The van der Waals surface area contributed by atoms with Crippen LogP contribution in [-0.2, 0) is 0 Å². The molecular weight excluding hydrogens is 240 g/mol. The van der Waals surface area contributed by atoms with Crippen molar-refractivity contribution in [3.05, 3.63) is 18.3 Å². The Labute approximate surface area is 115 Å². The lowest BCUT2D eigenvalue weighted by Crippen LogP contribution is -2.53. The summed E-state index contributed by atoms with van der Waals surface area (Å²) in [5, 5.41) is 3.58. The van der Waals surface area contributed by atoms with Gasteiger partial charge in [-0.1, -0.05) is 0 Å². The Kier molecular flexibility index (Phi) is 4.30. The fourth-order valence-electron chi connectivity index (χ4n) is 2.25. The number of ether oxygens (including phenoxy) is 2. The van der Waals surface area contributed by atoms with Gasteiger partial charge in [-0.15, -0.1) is 0 Å². The van der Waals surface area contributed by atoms with Crippen LogP contribution in [0.15, 0.2) is 18.3 Å². The molecule has 4 nitrogen and oxygen atoms in total. The van der Waals surface area contributed by atoms with Gasteiger partial charge in [-0.3, -0.25) is 0 Å². The maximum Gasteiger partial charge on any atom is 0.213 e. The van der Waals surface area contributed by atoms with Gasteiger partial charge in [0.2, 0.25) is 5.88 Å². The molecule has 19 heavy (non-hydrogen) atoms. The quantitative estimate of drug-likeness (QED) is 0.888. The predicted molar refractivity (Wildman–Crippen MR) is 75.7 cm³/mol. The topological polar surface area (TPSA) is 43.4 Å². The van der Waals surface area contributed by atoms with E-state index >= 15 is 0 Å². The van der Waals surface area contributed by atoms with Crippen LogP contribution < -0.4 is 14.8 Å². The molecule has 1 N–H and O–H groups in total. The molecule has 1 heterocycles. The summed E-state index contributed by atoms with van der Waals surface area (Å²) in [5.74, 6) is 1.47. The van der Waals surface area contributed by atoms with Crippen LogP contribution in [-0.4, -0.2) is 29.3 Å². The molecule has 0 aromatic carbocycles. The molecule has 1 fully saturated rings. The van der Waals surface area contributed by atoms with Crippen LogP contribution >= 0.6 is 0 Å².